The number of halogens is 2. The molecular formula is C48H42Br2P2Ru+2. The Bertz CT molecular complexity index is 2170. The Balaban J connectivity index is 0.00000140. The molecule has 0 nitrogen and oxygen atoms in total. The molecule has 0 aliphatic heterocycles. The second-order valence-corrected chi connectivity index (χ2v) is 26.0. The van der Waals surface area contributed by atoms with E-state index in [0.29, 0.717) is 13.2 Å². The maximum atomic E-state index is 3.15. The molecule has 0 aliphatic rings. The van der Waals surface area contributed by atoms with E-state index in [0.717, 1.165) is 12.8 Å². The third-order valence-electron chi connectivity index (χ3n) is 10.0. The number of benzene rings is 8. The fourth-order valence-electron chi connectivity index (χ4n) is 7.53. The SMILES string of the molecule is CCc1ccc2c(-c3c([PH+](c4ccccc4)c4ccccc4)ccc4cc(CC)ccc34)c([PH+](c3ccccc3)c3ccccc3)ccc2c1.[Br][Ru][Br]. The van der Waals surface area contributed by atoms with E-state index in [4.69, 9.17) is 0 Å². The molecule has 0 unspecified atom stereocenters. The average Bonchev–Trinajstić information content (AvgIpc) is 3.22. The molecule has 0 radical (unpaired) electrons. The second-order valence-electron chi connectivity index (χ2n) is 13.1. The molecule has 0 heterocycles. The van der Waals surface area contributed by atoms with Gasteiger partial charge in [-0.3, -0.25) is 0 Å². The quantitative estimate of drug-likeness (QED) is 0.0999. The van der Waals surface area contributed by atoms with E-state index in [1.54, 1.807) is 0 Å². The van der Waals surface area contributed by atoms with Crippen LogP contribution in [0, 0.1) is 0 Å². The fraction of sp³-hybridized carbons (Fsp3) is 0.0833. The topological polar surface area (TPSA) is 0 Å². The van der Waals surface area contributed by atoms with Crippen LogP contribution in [0.15, 0.2) is 182 Å². The van der Waals surface area contributed by atoms with Crippen LogP contribution in [-0.4, -0.2) is 0 Å². The van der Waals surface area contributed by atoms with Gasteiger partial charge in [-0.05, 0) is 106 Å². The van der Waals surface area contributed by atoms with E-state index in [1.165, 1.54) is 75.6 Å². The molecule has 0 aliphatic carbocycles. The Morgan fingerprint density at radius 3 is 0.981 bits per heavy atom. The van der Waals surface area contributed by atoms with Crippen LogP contribution in [0.2, 0.25) is 0 Å². The van der Waals surface area contributed by atoms with Gasteiger partial charge in [-0.25, -0.2) is 0 Å². The van der Waals surface area contributed by atoms with Crippen LogP contribution in [0.3, 0.4) is 0 Å². The molecule has 0 spiro atoms. The molecule has 0 fully saturated rings. The Morgan fingerprint density at radius 2 is 0.698 bits per heavy atom. The number of hydrogen-bond acceptors (Lipinski definition) is 0. The molecular weight excluding hydrogens is 899 g/mol. The van der Waals surface area contributed by atoms with Crippen LogP contribution >= 0.6 is 43.1 Å². The van der Waals surface area contributed by atoms with Crippen molar-refractivity contribution in [1.29, 1.82) is 0 Å². The van der Waals surface area contributed by atoms with Crippen molar-refractivity contribution in [2.24, 2.45) is 0 Å². The van der Waals surface area contributed by atoms with Crippen LogP contribution in [-0.2, 0) is 26.0 Å². The van der Waals surface area contributed by atoms with Crippen molar-refractivity contribution in [3.05, 3.63) is 193 Å². The molecule has 53 heavy (non-hydrogen) atoms. The van der Waals surface area contributed by atoms with Gasteiger partial charge >= 0.3 is 40.5 Å². The maximum absolute atomic E-state index is 3.15. The molecule has 0 saturated carbocycles. The van der Waals surface area contributed by atoms with E-state index in [-0.39, 0.29) is 0 Å². The summed E-state index contributed by atoms with van der Waals surface area (Å²) in [6, 6.07) is 69.1. The van der Waals surface area contributed by atoms with Gasteiger partial charge in [-0.15, -0.1) is 0 Å². The summed E-state index contributed by atoms with van der Waals surface area (Å²) in [5, 5.41) is 13.8. The number of rotatable bonds is 9. The van der Waals surface area contributed by atoms with E-state index in [2.05, 4.69) is 223 Å². The summed E-state index contributed by atoms with van der Waals surface area (Å²) in [7, 11) is -2.80. The molecule has 264 valence electrons. The Kier molecular flexibility index (Phi) is 13.2. The summed E-state index contributed by atoms with van der Waals surface area (Å²) in [6.45, 7) is 4.51. The molecule has 0 saturated heterocycles. The molecule has 0 amide bonds. The van der Waals surface area contributed by atoms with Gasteiger partial charge < -0.3 is 0 Å². The fourth-order valence-corrected chi connectivity index (χ4v) is 13.1. The molecule has 0 bridgehead atoms. The first kappa shape index (κ1) is 38.0. The van der Waals surface area contributed by atoms with Gasteiger partial charge in [-0.2, -0.15) is 0 Å². The van der Waals surface area contributed by atoms with E-state index >= 15 is 0 Å². The molecule has 5 heteroatoms. The molecule has 8 aromatic rings. The van der Waals surface area contributed by atoms with Crippen LogP contribution in [0.25, 0.3) is 32.7 Å². The zero-order valence-electron chi connectivity index (χ0n) is 29.8. The van der Waals surface area contributed by atoms with Gasteiger partial charge in [0.2, 0.25) is 0 Å². The van der Waals surface area contributed by atoms with Gasteiger partial charge in [0.1, 0.15) is 31.8 Å². The van der Waals surface area contributed by atoms with Gasteiger partial charge in [0, 0.05) is 11.1 Å². The Labute approximate surface area is 337 Å². The monoisotopic (exact) mass is 940 g/mol. The summed E-state index contributed by atoms with van der Waals surface area (Å²) in [5.41, 5.74) is 5.53. The summed E-state index contributed by atoms with van der Waals surface area (Å²) in [5.74, 6) is 0. The predicted octanol–water partition coefficient (Wildman–Crippen LogP) is 11.5. The van der Waals surface area contributed by atoms with Crippen LogP contribution < -0.4 is 31.8 Å². The molecule has 0 N–H and O–H groups in total. The predicted molar refractivity (Wildman–Crippen MR) is 244 cm³/mol. The minimum absolute atomic E-state index is 0.335. The van der Waals surface area contributed by atoms with Gasteiger partial charge in [0.25, 0.3) is 0 Å². The van der Waals surface area contributed by atoms with Crippen molar-refractivity contribution < 1.29 is 13.2 Å². The molecule has 8 rings (SSSR count). The third-order valence-corrected chi connectivity index (χ3v) is 15.6. The van der Waals surface area contributed by atoms with Crippen LogP contribution in [0.4, 0.5) is 0 Å². The molecule has 8 aromatic carbocycles. The second kappa shape index (κ2) is 18.4. The standard InChI is InChI=1S/C48H40P2.2BrH.Ru/c1-3-35-25-29-43-37(33-35)27-31-45(49(39-17-9-5-10-18-39)40-19-11-6-12-20-40)47(43)48-44-30-26-36(4-2)34-38(44)28-32-46(48)50(41-21-13-7-14-22-41)42-23-15-8-16-24-42;;;/h5-34H,3-4H2,1-2H3;2*1H;/q;;;+2. The van der Waals surface area contributed by atoms with Crippen molar-refractivity contribution in [1.82, 2.24) is 0 Å². The van der Waals surface area contributed by atoms with Crippen molar-refractivity contribution in [3.8, 4) is 11.1 Å². The van der Waals surface area contributed by atoms with E-state index < -0.39 is 15.8 Å². The van der Waals surface area contributed by atoms with E-state index in [9.17, 15) is 0 Å². The normalized spacial score (nSPS) is 11.3. The summed E-state index contributed by atoms with van der Waals surface area (Å²) in [6.07, 6.45) is 2.04. The first-order valence-corrected chi connectivity index (χ1v) is 29.0. The Morgan fingerprint density at radius 1 is 0.396 bits per heavy atom. The zero-order chi connectivity index (χ0) is 36.6. The minimum atomic E-state index is -1.40. The van der Waals surface area contributed by atoms with Crippen LogP contribution in [0.5, 0.6) is 0 Å². The number of aryl methyl sites for hydroxylation is 2. The molecule has 0 atom stereocenters. The summed E-state index contributed by atoms with van der Waals surface area (Å²) < 4.78 is 0. The van der Waals surface area contributed by atoms with Gasteiger partial charge in [-0.1, -0.05) is 135 Å². The first-order valence-electron chi connectivity index (χ1n) is 18.1. The van der Waals surface area contributed by atoms with Crippen molar-refractivity contribution in [3.63, 3.8) is 0 Å². The van der Waals surface area contributed by atoms with Crippen molar-refractivity contribution in [2.75, 3.05) is 0 Å². The first-order chi connectivity index (χ1) is 26.1. The van der Waals surface area contributed by atoms with Crippen molar-refractivity contribution >= 4 is 96.5 Å². The molecule has 0 aromatic heterocycles. The number of hydrogen-bond donors (Lipinski definition) is 0. The zero-order valence-corrected chi connectivity index (χ0v) is 36.8. The van der Waals surface area contributed by atoms with Gasteiger partial charge in [0.15, 0.2) is 0 Å². The summed E-state index contributed by atoms with van der Waals surface area (Å²) in [4.78, 5) is 0. The van der Waals surface area contributed by atoms with Gasteiger partial charge in [0.05, 0.1) is 15.8 Å². The average molecular weight is 942 g/mol. The Hall–Kier alpha value is -3.28. The third kappa shape index (κ3) is 8.37. The number of fused-ring (bicyclic) bond motifs is 2. The summed E-state index contributed by atoms with van der Waals surface area (Å²) >= 11 is 6.64. The van der Waals surface area contributed by atoms with Crippen molar-refractivity contribution in [2.45, 2.75) is 26.7 Å². The van der Waals surface area contributed by atoms with E-state index in [1.807, 2.05) is 0 Å². The van der Waals surface area contributed by atoms with Crippen LogP contribution in [0.1, 0.15) is 25.0 Å².